The summed E-state index contributed by atoms with van der Waals surface area (Å²) in [5.41, 5.74) is 1.57. The molecule has 0 amide bonds. The lowest BCUT2D eigenvalue weighted by Crippen LogP contribution is -2.03. The summed E-state index contributed by atoms with van der Waals surface area (Å²) < 4.78 is 7.04. The van der Waals surface area contributed by atoms with Crippen molar-refractivity contribution in [2.24, 2.45) is 7.05 Å². The van der Waals surface area contributed by atoms with Gasteiger partial charge in [-0.3, -0.25) is 4.79 Å². The van der Waals surface area contributed by atoms with Crippen molar-refractivity contribution in [1.82, 2.24) is 14.8 Å². The molecule has 0 spiro atoms. The average Bonchev–Trinajstić information content (AvgIpc) is 3.01. The van der Waals surface area contributed by atoms with Crippen LogP contribution in [0.5, 0.6) is 5.75 Å². The van der Waals surface area contributed by atoms with E-state index in [0.29, 0.717) is 15.7 Å². The predicted molar refractivity (Wildman–Crippen MR) is 99.5 cm³/mol. The molecule has 2 aromatic carbocycles. The van der Waals surface area contributed by atoms with E-state index >= 15 is 0 Å². The molecule has 1 heterocycles. The van der Waals surface area contributed by atoms with Crippen LogP contribution in [0.1, 0.15) is 10.4 Å². The van der Waals surface area contributed by atoms with Gasteiger partial charge in [0.05, 0.1) is 12.9 Å². The second-order valence-electron chi connectivity index (χ2n) is 5.31. The Morgan fingerprint density at radius 1 is 1.12 bits per heavy atom. The molecule has 0 fully saturated rings. The van der Waals surface area contributed by atoms with Gasteiger partial charge in [-0.2, -0.15) is 0 Å². The minimum atomic E-state index is 0.0238. The molecule has 1 aromatic heterocycles. The zero-order valence-corrected chi connectivity index (χ0v) is 15.3. The highest BCUT2D eigenvalue weighted by Crippen LogP contribution is 2.25. The molecular formula is C18H16ClN3O2S. The molecule has 0 N–H and O–H groups in total. The Kier molecular flexibility index (Phi) is 5.40. The monoisotopic (exact) mass is 373 g/mol. The van der Waals surface area contributed by atoms with Crippen LogP contribution in [0.15, 0.2) is 53.7 Å². The van der Waals surface area contributed by atoms with Gasteiger partial charge >= 0.3 is 0 Å². The first-order chi connectivity index (χ1) is 12.1. The Balaban J connectivity index is 1.70. The number of hydrogen-bond acceptors (Lipinski definition) is 5. The molecule has 0 aliphatic heterocycles. The molecule has 0 saturated heterocycles. The third-order valence-electron chi connectivity index (χ3n) is 3.68. The van der Waals surface area contributed by atoms with E-state index in [1.807, 2.05) is 35.9 Å². The summed E-state index contributed by atoms with van der Waals surface area (Å²) in [7, 11) is 3.51. The molecular weight excluding hydrogens is 358 g/mol. The molecule has 0 unspecified atom stereocenters. The number of ether oxygens (including phenoxy) is 1. The molecule has 128 valence electrons. The number of carbonyl (C=O) groups is 1. The number of Topliss-reactive ketones (excluding diaryl/α,β-unsaturated/α-hetero) is 1. The van der Waals surface area contributed by atoms with Crippen LogP contribution in [0, 0.1) is 0 Å². The topological polar surface area (TPSA) is 57.0 Å². The smallest absolute Gasteiger partial charge is 0.191 e. The molecule has 0 radical (unpaired) electrons. The molecule has 0 bridgehead atoms. The van der Waals surface area contributed by atoms with Gasteiger partial charge in [0.15, 0.2) is 16.8 Å². The van der Waals surface area contributed by atoms with Crippen molar-refractivity contribution in [3.05, 3.63) is 59.1 Å². The maximum Gasteiger partial charge on any atom is 0.191 e. The number of methoxy groups -OCH3 is 1. The van der Waals surface area contributed by atoms with Crippen LogP contribution in [-0.4, -0.2) is 33.4 Å². The van der Waals surface area contributed by atoms with Crippen LogP contribution >= 0.6 is 23.4 Å². The first-order valence-electron chi connectivity index (χ1n) is 7.54. The van der Waals surface area contributed by atoms with E-state index in [2.05, 4.69) is 10.2 Å². The van der Waals surface area contributed by atoms with E-state index in [1.165, 1.54) is 11.8 Å². The first kappa shape index (κ1) is 17.5. The number of benzene rings is 2. The molecule has 25 heavy (non-hydrogen) atoms. The Hall–Kier alpha value is -2.31. The Morgan fingerprint density at radius 3 is 2.44 bits per heavy atom. The van der Waals surface area contributed by atoms with Gasteiger partial charge in [0.1, 0.15) is 5.75 Å². The molecule has 5 nitrogen and oxygen atoms in total. The van der Waals surface area contributed by atoms with Gasteiger partial charge in [0, 0.05) is 23.2 Å². The van der Waals surface area contributed by atoms with Crippen LogP contribution in [0.4, 0.5) is 0 Å². The Bertz CT molecular complexity index is 876. The molecule has 0 aliphatic rings. The van der Waals surface area contributed by atoms with Crippen LogP contribution in [0.2, 0.25) is 5.02 Å². The van der Waals surface area contributed by atoms with E-state index in [1.54, 1.807) is 31.4 Å². The number of hydrogen-bond donors (Lipinski definition) is 0. The molecule has 0 aliphatic carbocycles. The highest BCUT2D eigenvalue weighted by Gasteiger charge is 2.14. The summed E-state index contributed by atoms with van der Waals surface area (Å²) in [6, 6.07) is 14.5. The second kappa shape index (κ2) is 7.72. The number of aromatic nitrogens is 3. The number of halogens is 1. The van der Waals surface area contributed by atoms with Crippen molar-refractivity contribution in [3.63, 3.8) is 0 Å². The van der Waals surface area contributed by atoms with Crippen molar-refractivity contribution in [2.75, 3.05) is 12.9 Å². The van der Waals surface area contributed by atoms with Gasteiger partial charge in [-0.1, -0.05) is 23.4 Å². The second-order valence-corrected chi connectivity index (χ2v) is 6.69. The fourth-order valence-electron chi connectivity index (χ4n) is 2.28. The fourth-order valence-corrected chi connectivity index (χ4v) is 3.21. The van der Waals surface area contributed by atoms with E-state index in [9.17, 15) is 4.79 Å². The molecule has 0 atom stereocenters. The maximum atomic E-state index is 12.3. The van der Waals surface area contributed by atoms with Crippen molar-refractivity contribution < 1.29 is 9.53 Å². The van der Waals surface area contributed by atoms with Crippen molar-refractivity contribution in [3.8, 4) is 17.1 Å². The van der Waals surface area contributed by atoms with Crippen molar-refractivity contribution >= 4 is 29.1 Å². The van der Waals surface area contributed by atoms with E-state index in [-0.39, 0.29) is 11.5 Å². The van der Waals surface area contributed by atoms with Crippen LogP contribution in [-0.2, 0) is 7.05 Å². The SMILES string of the molecule is COc1ccc(-c2nnc(SCC(=O)c3ccc(Cl)cc3)n2C)cc1. The molecule has 3 aromatic rings. The Labute approximate surface area is 155 Å². The van der Waals surface area contributed by atoms with Crippen LogP contribution in [0.25, 0.3) is 11.4 Å². The minimum absolute atomic E-state index is 0.0238. The fraction of sp³-hybridized carbons (Fsp3) is 0.167. The lowest BCUT2D eigenvalue weighted by Gasteiger charge is -2.05. The molecule has 3 rings (SSSR count). The van der Waals surface area contributed by atoms with Gasteiger partial charge in [-0.05, 0) is 48.5 Å². The van der Waals surface area contributed by atoms with E-state index < -0.39 is 0 Å². The number of ketones is 1. The highest BCUT2D eigenvalue weighted by molar-refractivity contribution is 7.99. The quantitative estimate of drug-likeness (QED) is 0.480. The maximum absolute atomic E-state index is 12.3. The summed E-state index contributed by atoms with van der Waals surface area (Å²) in [5.74, 6) is 1.84. The van der Waals surface area contributed by atoms with Gasteiger partial charge in [-0.25, -0.2) is 0 Å². The minimum Gasteiger partial charge on any atom is -0.497 e. The van der Waals surface area contributed by atoms with Gasteiger partial charge in [0.25, 0.3) is 0 Å². The predicted octanol–water partition coefficient (Wildman–Crippen LogP) is 4.12. The summed E-state index contributed by atoms with van der Waals surface area (Å²) in [6.45, 7) is 0. The number of thioether (sulfide) groups is 1. The molecule has 7 heteroatoms. The first-order valence-corrected chi connectivity index (χ1v) is 8.90. The summed E-state index contributed by atoms with van der Waals surface area (Å²) in [5, 5.41) is 9.71. The number of carbonyl (C=O) groups excluding carboxylic acids is 1. The van der Waals surface area contributed by atoms with E-state index in [4.69, 9.17) is 16.3 Å². The highest BCUT2D eigenvalue weighted by atomic mass is 35.5. The van der Waals surface area contributed by atoms with Gasteiger partial charge in [0.2, 0.25) is 0 Å². The van der Waals surface area contributed by atoms with E-state index in [0.717, 1.165) is 17.1 Å². The summed E-state index contributed by atoms with van der Waals surface area (Å²) in [6.07, 6.45) is 0. The zero-order valence-electron chi connectivity index (χ0n) is 13.8. The van der Waals surface area contributed by atoms with Gasteiger partial charge in [-0.15, -0.1) is 10.2 Å². The lowest BCUT2D eigenvalue weighted by atomic mass is 10.1. The Morgan fingerprint density at radius 2 is 1.80 bits per heavy atom. The van der Waals surface area contributed by atoms with Crippen molar-refractivity contribution in [2.45, 2.75) is 5.16 Å². The van der Waals surface area contributed by atoms with Crippen molar-refractivity contribution in [1.29, 1.82) is 0 Å². The third-order valence-corrected chi connectivity index (χ3v) is 4.95. The zero-order chi connectivity index (χ0) is 17.8. The average molecular weight is 374 g/mol. The molecule has 0 saturated carbocycles. The normalized spacial score (nSPS) is 10.7. The summed E-state index contributed by atoms with van der Waals surface area (Å²) in [4.78, 5) is 12.3. The van der Waals surface area contributed by atoms with Crippen LogP contribution in [0.3, 0.4) is 0 Å². The van der Waals surface area contributed by atoms with Gasteiger partial charge < -0.3 is 9.30 Å². The van der Waals surface area contributed by atoms with Crippen LogP contribution < -0.4 is 4.74 Å². The lowest BCUT2D eigenvalue weighted by molar-refractivity contribution is 0.102. The third kappa shape index (κ3) is 4.03. The largest absolute Gasteiger partial charge is 0.497 e. The number of rotatable bonds is 6. The summed E-state index contributed by atoms with van der Waals surface area (Å²) >= 11 is 7.20. The standard InChI is InChI=1S/C18H16ClN3O2S/c1-22-17(13-5-9-15(24-2)10-6-13)20-21-18(22)25-11-16(23)12-3-7-14(19)8-4-12/h3-10H,11H2,1-2H3. The number of nitrogens with zero attached hydrogens (tertiary/aromatic N) is 3.